The van der Waals surface area contributed by atoms with Crippen molar-refractivity contribution < 1.29 is 4.92 Å². The molecule has 0 amide bonds. The topological polar surface area (TPSA) is 58.9 Å². The van der Waals surface area contributed by atoms with E-state index in [1.807, 2.05) is 30.5 Å². The lowest BCUT2D eigenvalue weighted by Gasteiger charge is -2.28. The Kier molecular flexibility index (Phi) is 3.18. The van der Waals surface area contributed by atoms with Crippen LogP contribution in [0.1, 0.15) is 34.6 Å². The molecule has 1 aliphatic carbocycles. The van der Waals surface area contributed by atoms with Crippen molar-refractivity contribution in [2.45, 2.75) is 31.7 Å². The van der Waals surface area contributed by atoms with E-state index in [9.17, 15) is 10.1 Å². The predicted molar refractivity (Wildman–Crippen MR) is 90.4 cm³/mol. The van der Waals surface area contributed by atoms with Crippen LogP contribution in [0, 0.1) is 17.0 Å². The Morgan fingerprint density at radius 1 is 1.13 bits per heavy atom. The number of nitrogens with zero attached hydrogens (tertiary/aromatic N) is 1. The SMILES string of the molecule is Cc1cccc2c([C@H]3c4ccccc4CC[C@@H]3[N+](=O)[O-])c[nH]c12. The third-order valence-corrected chi connectivity index (χ3v) is 5.05. The van der Waals surface area contributed by atoms with Crippen LogP contribution in [0.3, 0.4) is 0 Å². The molecule has 4 rings (SSSR count). The van der Waals surface area contributed by atoms with E-state index >= 15 is 0 Å². The van der Waals surface area contributed by atoms with Gasteiger partial charge in [-0.15, -0.1) is 0 Å². The van der Waals surface area contributed by atoms with Gasteiger partial charge in [0.05, 0.1) is 5.92 Å². The summed E-state index contributed by atoms with van der Waals surface area (Å²) in [6, 6.07) is 13.7. The molecule has 23 heavy (non-hydrogen) atoms. The van der Waals surface area contributed by atoms with Gasteiger partial charge in [-0.3, -0.25) is 10.1 Å². The van der Waals surface area contributed by atoms with Crippen LogP contribution in [0.5, 0.6) is 0 Å². The molecular weight excluding hydrogens is 288 g/mol. The maximum atomic E-state index is 11.7. The van der Waals surface area contributed by atoms with Crippen molar-refractivity contribution in [2.75, 3.05) is 0 Å². The molecule has 0 aliphatic heterocycles. The van der Waals surface area contributed by atoms with Crippen LogP contribution in [0.25, 0.3) is 10.9 Å². The van der Waals surface area contributed by atoms with E-state index in [0.717, 1.165) is 34.0 Å². The van der Waals surface area contributed by atoms with Gasteiger partial charge < -0.3 is 4.98 Å². The first-order valence-corrected chi connectivity index (χ1v) is 7.94. The number of H-pyrrole nitrogens is 1. The van der Waals surface area contributed by atoms with Crippen molar-refractivity contribution in [3.8, 4) is 0 Å². The monoisotopic (exact) mass is 306 g/mol. The molecule has 1 N–H and O–H groups in total. The smallest absolute Gasteiger partial charge is 0.224 e. The predicted octanol–water partition coefficient (Wildman–Crippen LogP) is 4.20. The van der Waals surface area contributed by atoms with Gasteiger partial charge in [-0.2, -0.15) is 0 Å². The number of hydrogen-bond donors (Lipinski definition) is 1. The van der Waals surface area contributed by atoms with Crippen molar-refractivity contribution in [3.05, 3.63) is 81.0 Å². The van der Waals surface area contributed by atoms with Crippen LogP contribution < -0.4 is 0 Å². The Hall–Kier alpha value is -2.62. The largest absolute Gasteiger partial charge is 0.361 e. The van der Waals surface area contributed by atoms with Gasteiger partial charge >= 0.3 is 0 Å². The molecule has 0 fully saturated rings. The highest BCUT2D eigenvalue weighted by Crippen LogP contribution is 2.41. The highest BCUT2D eigenvalue weighted by Gasteiger charge is 2.39. The number of para-hydroxylation sites is 1. The van der Waals surface area contributed by atoms with E-state index in [1.165, 1.54) is 5.56 Å². The van der Waals surface area contributed by atoms with Crippen molar-refractivity contribution >= 4 is 10.9 Å². The summed E-state index contributed by atoms with van der Waals surface area (Å²) in [5.74, 6) is -0.189. The highest BCUT2D eigenvalue weighted by molar-refractivity contribution is 5.87. The van der Waals surface area contributed by atoms with Crippen LogP contribution in [0.15, 0.2) is 48.7 Å². The molecule has 116 valence electrons. The van der Waals surface area contributed by atoms with Gasteiger partial charge in [-0.25, -0.2) is 0 Å². The van der Waals surface area contributed by atoms with Gasteiger partial charge in [0.25, 0.3) is 0 Å². The molecule has 0 saturated carbocycles. The molecule has 4 heteroatoms. The van der Waals surface area contributed by atoms with Gasteiger partial charge in [0.2, 0.25) is 6.04 Å². The summed E-state index contributed by atoms with van der Waals surface area (Å²) in [5, 5.41) is 12.8. The lowest BCUT2D eigenvalue weighted by atomic mass is 9.75. The van der Waals surface area contributed by atoms with Crippen molar-refractivity contribution in [1.29, 1.82) is 0 Å². The highest BCUT2D eigenvalue weighted by atomic mass is 16.6. The molecule has 3 aromatic rings. The normalized spacial score (nSPS) is 20.4. The summed E-state index contributed by atoms with van der Waals surface area (Å²) in [5.41, 5.74) is 5.61. The number of rotatable bonds is 2. The van der Waals surface area contributed by atoms with Crippen LogP contribution in [-0.4, -0.2) is 15.9 Å². The number of aromatic nitrogens is 1. The van der Waals surface area contributed by atoms with Crippen LogP contribution >= 0.6 is 0 Å². The molecule has 2 atom stereocenters. The Morgan fingerprint density at radius 2 is 1.96 bits per heavy atom. The first kappa shape index (κ1) is 14.0. The molecule has 0 bridgehead atoms. The minimum atomic E-state index is -0.565. The number of nitro groups is 1. The maximum absolute atomic E-state index is 11.7. The molecule has 0 unspecified atom stereocenters. The first-order valence-electron chi connectivity index (χ1n) is 7.94. The summed E-state index contributed by atoms with van der Waals surface area (Å²) in [6.07, 6.45) is 3.33. The average Bonchev–Trinajstić information content (AvgIpc) is 2.98. The molecule has 1 aromatic heterocycles. The van der Waals surface area contributed by atoms with Crippen molar-refractivity contribution in [1.82, 2.24) is 4.98 Å². The maximum Gasteiger partial charge on any atom is 0.224 e. The molecular formula is C19H18N2O2. The van der Waals surface area contributed by atoms with Crippen LogP contribution in [0.4, 0.5) is 0 Å². The molecule has 0 radical (unpaired) electrons. The first-order chi connectivity index (χ1) is 11.2. The van der Waals surface area contributed by atoms with Gasteiger partial charge in [-0.1, -0.05) is 42.5 Å². The van der Waals surface area contributed by atoms with Crippen molar-refractivity contribution in [2.24, 2.45) is 0 Å². The molecule has 2 aromatic carbocycles. The van der Waals surface area contributed by atoms with Crippen molar-refractivity contribution in [3.63, 3.8) is 0 Å². The summed E-state index contributed by atoms with van der Waals surface area (Å²) in [4.78, 5) is 14.9. The van der Waals surface area contributed by atoms with Crippen LogP contribution in [-0.2, 0) is 6.42 Å². The van der Waals surface area contributed by atoms with Gasteiger partial charge in [0.15, 0.2) is 0 Å². The van der Waals surface area contributed by atoms with E-state index in [-0.39, 0.29) is 10.8 Å². The Labute approximate surface area is 134 Å². The standard InChI is InChI=1S/C19H18N2O2/c1-12-5-4-8-15-16(11-20-19(12)15)18-14-7-3-2-6-13(14)9-10-17(18)21(22)23/h2-8,11,17-18,20H,9-10H2,1H3/t17-,18+/m0/s1. The summed E-state index contributed by atoms with van der Waals surface area (Å²) in [7, 11) is 0. The fourth-order valence-electron chi connectivity index (χ4n) is 3.93. The quantitative estimate of drug-likeness (QED) is 0.570. The second kappa shape index (κ2) is 5.23. The number of fused-ring (bicyclic) bond motifs is 2. The van der Waals surface area contributed by atoms with Gasteiger partial charge in [-0.05, 0) is 35.6 Å². The minimum absolute atomic E-state index is 0.102. The third-order valence-electron chi connectivity index (χ3n) is 5.05. The van der Waals surface area contributed by atoms with E-state index < -0.39 is 6.04 Å². The molecule has 0 saturated heterocycles. The number of aryl methyl sites for hydroxylation is 2. The molecule has 1 heterocycles. The zero-order chi connectivity index (χ0) is 16.0. The summed E-state index contributed by atoms with van der Waals surface area (Å²) < 4.78 is 0. The second-order valence-electron chi connectivity index (χ2n) is 6.31. The van der Waals surface area contributed by atoms with E-state index in [4.69, 9.17) is 0 Å². The second-order valence-corrected chi connectivity index (χ2v) is 6.31. The number of hydrogen-bond acceptors (Lipinski definition) is 2. The van der Waals surface area contributed by atoms with Gasteiger partial charge in [0, 0.05) is 28.4 Å². The van der Waals surface area contributed by atoms with E-state index in [0.29, 0.717) is 6.42 Å². The number of aromatic amines is 1. The lowest BCUT2D eigenvalue weighted by Crippen LogP contribution is -2.33. The molecule has 4 nitrogen and oxygen atoms in total. The lowest BCUT2D eigenvalue weighted by molar-refractivity contribution is -0.526. The Balaban J connectivity index is 1.96. The van der Waals surface area contributed by atoms with E-state index in [1.54, 1.807) is 0 Å². The fourth-order valence-corrected chi connectivity index (χ4v) is 3.93. The fraction of sp³-hybridized carbons (Fsp3) is 0.263. The van der Waals surface area contributed by atoms with E-state index in [2.05, 4.69) is 30.1 Å². The summed E-state index contributed by atoms with van der Waals surface area (Å²) in [6.45, 7) is 2.06. The number of benzene rings is 2. The Morgan fingerprint density at radius 3 is 2.78 bits per heavy atom. The molecule has 0 spiro atoms. The minimum Gasteiger partial charge on any atom is -0.361 e. The number of nitrogens with one attached hydrogen (secondary N) is 1. The zero-order valence-electron chi connectivity index (χ0n) is 13.0. The zero-order valence-corrected chi connectivity index (χ0v) is 13.0. The van der Waals surface area contributed by atoms with Gasteiger partial charge in [0.1, 0.15) is 0 Å². The average molecular weight is 306 g/mol. The third kappa shape index (κ3) is 2.13. The summed E-state index contributed by atoms with van der Waals surface area (Å²) >= 11 is 0. The Bertz CT molecular complexity index is 897. The van der Waals surface area contributed by atoms with Crippen LogP contribution in [0.2, 0.25) is 0 Å². The molecule has 1 aliphatic rings.